The maximum atomic E-state index is 12.1. The molecular formula is C21H19NO4S. The molecule has 0 aliphatic carbocycles. The molecule has 1 N–H and O–H groups in total. The summed E-state index contributed by atoms with van der Waals surface area (Å²) in [5.74, 6) is -1.10. The van der Waals surface area contributed by atoms with Crippen molar-refractivity contribution in [3.8, 4) is 0 Å². The fourth-order valence-electron chi connectivity index (χ4n) is 2.68. The number of ketones is 1. The average molecular weight is 381 g/mol. The van der Waals surface area contributed by atoms with E-state index in [0.717, 1.165) is 27.7 Å². The predicted molar refractivity (Wildman–Crippen MR) is 105 cm³/mol. The number of carbonyl (C=O) groups excluding carboxylic acids is 3. The topological polar surface area (TPSA) is 72.5 Å². The number of esters is 1. The molecule has 1 aromatic heterocycles. The number of ether oxygens (including phenoxy) is 1. The second kappa shape index (κ2) is 8.14. The number of hydrogen-bond acceptors (Lipinski definition) is 5. The molecule has 27 heavy (non-hydrogen) atoms. The largest absolute Gasteiger partial charge is 0.451 e. The van der Waals surface area contributed by atoms with E-state index in [1.165, 1.54) is 13.0 Å². The van der Waals surface area contributed by atoms with Gasteiger partial charge in [0.05, 0.1) is 10.9 Å². The molecule has 3 aromatic rings. The summed E-state index contributed by atoms with van der Waals surface area (Å²) >= 11 is 1.06. The zero-order chi connectivity index (χ0) is 19.4. The van der Waals surface area contributed by atoms with Crippen LogP contribution in [0.1, 0.15) is 44.8 Å². The van der Waals surface area contributed by atoms with Crippen LogP contribution < -0.4 is 5.32 Å². The predicted octanol–water partition coefficient (Wildman–Crippen LogP) is 4.14. The number of rotatable bonds is 6. The summed E-state index contributed by atoms with van der Waals surface area (Å²) in [4.78, 5) is 36.1. The highest BCUT2D eigenvalue weighted by Crippen LogP contribution is 2.20. The number of nitrogens with one attached hydrogen (secondary N) is 1. The number of carbonyl (C=O) groups is 3. The van der Waals surface area contributed by atoms with E-state index in [2.05, 4.69) is 5.32 Å². The summed E-state index contributed by atoms with van der Waals surface area (Å²) in [6.45, 7) is 2.94. The molecule has 5 nitrogen and oxygen atoms in total. The van der Waals surface area contributed by atoms with Crippen LogP contribution in [0, 0.1) is 0 Å². The van der Waals surface area contributed by atoms with Crippen molar-refractivity contribution >= 4 is 39.8 Å². The number of thiophene rings is 1. The van der Waals surface area contributed by atoms with Crippen LogP contribution in [-0.4, -0.2) is 24.3 Å². The van der Waals surface area contributed by atoms with Crippen LogP contribution in [0.2, 0.25) is 0 Å². The van der Waals surface area contributed by atoms with Crippen molar-refractivity contribution in [1.29, 1.82) is 0 Å². The van der Waals surface area contributed by atoms with Gasteiger partial charge in [-0.1, -0.05) is 36.4 Å². The van der Waals surface area contributed by atoms with Crippen LogP contribution in [0.4, 0.5) is 0 Å². The van der Waals surface area contributed by atoms with Gasteiger partial charge < -0.3 is 10.1 Å². The third kappa shape index (κ3) is 4.60. The zero-order valence-corrected chi connectivity index (χ0v) is 15.8. The summed E-state index contributed by atoms with van der Waals surface area (Å²) in [6, 6.07) is 16.9. The molecule has 0 saturated heterocycles. The highest BCUT2D eigenvalue weighted by atomic mass is 32.1. The normalized spacial score (nSPS) is 11.8. The second-order valence-electron chi connectivity index (χ2n) is 6.19. The molecule has 1 atom stereocenters. The standard InChI is InChI=1S/C21H19NO4S/c1-13(16-8-7-15-5-3-4-6-17(15)11-16)22-20(24)12-26-21(25)19-10-9-18(27-19)14(2)23/h3-11,13H,12H2,1-2H3,(H,22,24). The lowest BCUT2D eigenvalue weighted by Crippen LogP contribution is -2.31. The fourth-order valence-corrected chi connectivity index (χ4v) is 3.48. The van der Waals surface area contributed by atoms with Crippen LogP contribution in [0.5, 0.6) is 0 Å². The molecule has 0 bridgehead atoms. The number of benzene rings is 2. The molecule has 6 heteroatoms. The first-order valence-corrected chi connectivity index (χ1v) is 9.31. The van der Waals surface area contributed by atoms with E-state index in [1.54, 1.807) is 6.07 Å². The third-order valence-corrected chi connectivity index (χ3v) is 5.31. The van der Waals surface area contributed by atoms with Crippen molar-refractivity contribution in [1.82, 2.24) is 5.32 Å². The van der Waals surface area contributed by atoms with Crippen LogP contribution in [0.25, 0.3) is 10.8 Å². The minimum absolute atomic E-state index is 0.110. The zero-order valence-electron chi connectivity index (χ0n) is 15.0. The Morgan fingerprint density at radius 1 is 1.00 bits per heavy atom. The lowest BCUT2D eigenvalue weighted by atomic mass is 10.0. The minimum atomic E-state index is -0.610. The van der Waals surface area contributed by atoms with E-state index in [4.69, 9.17) is 4.74 Å². The van der Waals surface area contributed by atoms with E-state index < -0.39 is 5.97 Å². The number of Topliss-reactive ketones (excluding diaryl/α,β-unsaturated/α-hetero) is 1. The highest BCUT2D eigenvalue weighted by molar-refractivity contribution is 7.15. The number of hydrogen-bond donors (Lipinski definition) is 1. The Balaban J connectivity index is 1.56. The molecule has 0 aliphatic rings. The van der Waals surface area contributed by atoms with Crippen LogP contribution in [0.3, 0.4) is 0 Å². The van der Waals surface area contributed by atoms with Crippen molar-refractivity contribution in [2.45, 2.75) is 19.9 Å². The molecule has 2 aromatic carbocycles. The fraction of sp³-hybridized carbons (Fsp3) is 0.190. The molecule has 0 fully saturated rings. The highest BCUT2D eigenvalue weighted by Gasteiger charge is 2.16. The van der Waals surface area contributed by atoms with Crippen molar-refractivity contribution < 1.29 is 19.1 Å². The molecule has 0 saturated carbocycles. The summed E-state index contributed by atoms with van der Waals surface area (Å²) in [5, 5.41) is 5.06. The Hall–Kier alpha value is -2.99. The van der Waals surface area contributed by atoms with Gasteiger partial charge in [0, 0.05) is 0 Å². The maximum Gasteiger partial charge on any atom is 0.348 e. The van der Waals surface area contributed by atoms with Gasteiger partial charge in [0.25, 0.3) is 5.91 Å². The molecule has 0 radical (unpaired) electrons. The molecule has 1 amide bonds. The number of fused-ring (bicyclic) bond motifs is 1. The summed E-state index contributed by atoms with van der Waals surface area (Å²) in [6.07, 6.45) is 0. The quantitative estimate of drug-likeness (QED) is 0.515. The van der Waals surface area contributed by atoms with E-state index in [9.17, 15) is 14.4 Å². The molecule has 1 heterocycles. The average Bonchev–Trinajstić information content (AvgIpc) is 3.16. The Morgan fingerprint density at radius 2 is 1.70 bits per heavy atom. The summed E-state index contributed by atoms with van der Waals surface area (Å²) < 4.78 is 5.04. The van der Waals surface area contributed by atoms with Gasteiger partial charge in [-0.3, -0.25) is 9.59 Å². The van der Waals surface area contributed by atoms with Crippen molar-refractivity contribution in [3.05, 3.63) is 69.9 Å². The van der Waals surface area contributed by atoms with Gasteiger partial charge in [-0.2, -0.15) is 0 Å². The number of amides is 1. The van der Waals surface area contributed by atoms with Gasteiger partial charge in [0.15, 0.2) is 12.4 Å². The summed E-state index contributed by atoms with van der Waals surface area (Å²) in [5.41, 5.74) is 0.970. The minimum Gasteiger partial charge on any atom is -0.451 e. The first-order valence-electron chi connectivity index (χ1n) is 8.50. The van der Waals surface area contributed by atoms with E-state index in [-0.39, 0.29) is 24.3 Å². The Kier molecular flexibility index (Phi) is 5.66. The monoisotopic (exact) mass is 381 g/mol. The lowest BCUT2D eigenvalue weighted by molar-refractivity contribution is -0.124. The Bertz CT molecular complexity index is 1010. The van der Waals surface area contributed by atoms with Crippen LogP contribution in [-0.2, 0) is 9.53 Å². The van der Waals surface area contributed by atoms with Gasteiger partial charge in [-0.05, 0) is 48.4 Å². The van der Waals surface area contributed by atoms with Crippen LogP contribution >= 0.6 is 11.3 Å². The molecule has 1 unspecified atom stereocenters. The molecular weight excluding hydrogens is 362 g/mol. The lowest BCUT2D eigenvalue weighted by Gasteiger charge is -2.15. The SMILES string of the molecule is CC(=O)c1ccc(C(=O)OCC(=O)NC(C)c2ccc3ccccc3c2)s1. The van der Waals surface area contributed by atoms with Gasteiger partial charge in [-0.25, -0.2) is 4.79 Å². The second-order valence-corrected chi connectivity index (χ2v) is 7.28. The third-order valence-electron chi connectivity index (χ3n) is 4.14. The smallest absolute Gasteiger partial charge is 0.348 e. The van der Waals surface area contributed by atoms with Crippen molar-refractivity contribution in [3.63, 3.8) is 0 Å². The molecule has 0 aliphatic heterocycles. The first-order chi connectivity index (χ1) is 12.9. The van der Waals surface area contributed by atoms with Gasteiger partial charge >= 0.3 is 5.97 Å². The van der Waals surface area contributed by atoms with E-state index in [1.807, 2.05) is 49.4 Å². The van der Waals surface area contributed by atoms with Crippen molar-refractivity contribution in [2.24, 2.45) is 0 Å². The van der Waals surface area contributed by atoms with Gasteiger partial charge in [-0.15, -0.1) is 11.3 Å². The maximum absolute atomic E-state index is 12.1. The van der Waals surface area contributed by atoms with E-state index in [0.29, 0.717) is 9.75 Å². The first kappa shape index (κ1) is 18.8. The Morgan fingerprint density at radius 3 is 2.41 bits per heavy atom. The molecule has 3 rings (SSSR count). The van der Waals surface area contributed by atoms with Gasteiger partial charge in [0.1, 0.15) is 4.88 Å². The van der Waals surface area contributed by atoms with Crippen LogP contribution in [0.15, 0.2) is 54.6 Å². The molecule has 0 spiro atoms. The Labute approximate surface area is 161 Å². The van der Waals surface area contributed by atoms with Crippen molar-refractivity contribution in [2.75, 3.05) is 6.61 Å². The van der Waals surface area contributed by atoms with E-state index >= 15 is 0 Å². The molecule has 138 valence electrons. The van der Waals surface area contributed by atoms with Gasteiger partial charge in [0.2, 0.25) is 0 Å². The summed E-state index contributed by atoms with van der Waals surface area (Å²) in [7, 11) is 0.